The van der Waals surface area contributed by atoms with E-state index >= 15 is 0 Å². The van der Waals surface area contributed by atoms with Gasteiger partial charge in [0.1, 0.15) is 0 Å². The maximum absolute atomic E-state index is 12.9. The summed E-state index contributed by atoms with van der Waals surface area (Å²) in [5.74, 6) is -0.294. The van der Waals surface area contributed by atoms with Crippen molar-refractivity contribution < 1.29 is 21.4 Å². The maximum atomic E-state index is 12.9. The van der Waals surface area contributed by atoms with Gasteiger partial charge in [0.2, 0.25) is 0 Å². The molecule has 1 aromatic carbocycles. The fourth-order valence-corrected chi connectivity index (χ4v) is 5.73. The van der Waals surface area contributed by atoms with Crippen molar-refractivity contribution in [2.75, 3.05) is 11.9 Å². The zero-order chi connectivity index (χ0) is 20.0. The summed E-state index contributed by atoms with van der Waals surface area (Å²) in [6.45, 7) is 3.84. The molecule has 0 radical (unpaired) electrons. The Morgan fingerprint density at radius 2 is 1.56 bits per heavy atom. The number of hydrogen-bond acceptors (Lipinski definition) is 5. The molecule has 0 aliphatic carbocycles. The van der Waals surface area contributed by atoms with Gasteiger partial charge in [-0.2, -0.15) is 0 Å². The van der Waals surface area contributed by atoms with E-state index in [2.05, 4.69) is 16.1 Å². The monoisotopic (exact) mass is 443 g/mol. The Hall–Kier alpha value is -1.07. The fraction of sp³-hybridized carbons (Fsp3) is 0.650. The third-order valence-corrected chi connectivity index (χ3v) is 7.98. The van der Waals surface area contributed by atoms with Crippen molar-refractivity contribution in [2.24, 2.45) is 0 Å². The minimum absolute atomic E-state index is 0.209. The van der Waals surface area contributed by atoms with Crippen molar-refractivity contribution >= 4 is 30.1 Å². The number of unbranched alkanes of at least 4 members (excludes halogenated alkanes) is 9. The molecule has 1 rings (SSSR count). The van der Waals surface area contributed by atoms with Crippen LogP contribution in [0.1, 0.15) is 78.1 Å². The molecule has 0 fully saturated rings. The summed E-state index contributed by atoms with van der Waals surface area (Å²) in [6, 6.07) is 6.51. The molecule has 1 unspecified atom stereocenters. The molecule has 0 aliphatic heterocycles. The quantitative estimate of drug-likeness (QED) is 0.178. The van der Waals surface area contributed by atoms with Gasteiger partial charge in [0.15, 0.2) is 0 Å². The summed E-state index contributed by atoms with van der Waals surface area (Å²) in [6.07, 6.45) is 11.9. The summed E-state index contributed by atoms with van der Waals surface area (Å²) in [5, 5.41) is 11.8. The fourth-order valence-electron chi connectivity index (χ4n) is 2.92. The molecular weight excluding hydrogens is 409 g/mol. The minimum atomic E-state index is -4.61. The zero-order valence-corrected chi connectivity index (χ0v) is 18.5. The summed E-state index contributed by atoms with van der Waals surface area (Å²) < 4.78 is 22.8. The molecule has 1 atom stereocenters. The van der Waals surface area contributed by atoms with E-state index in [1.54, 1.807) is 24.3 Å². The van der Waals surface area contributed by atoms with Crippen molar-refractivity contribution in [3.63, 3.8) is 0 Å². The standard InChI is InChI=1S/C20H34AsNO5/c1-3-4-5-6-7-8-9-10-11-14-17-26-21(24,27-25)19-15-12-13-16-20(19)22-18(2)23/h12-13,15-16,25H,3-11,14,17H2,1-2H3,(H,22,23). The summed E-state index contributed by atoms with van der Waals surface area (Å²) in [7, 11) is 0. The van der Waals surface area contributed by atoms with E-state index in [-0.39, 0.29) is 16.9 Å². The number of carbonyl (C=O) groups is 1. The molecule has 1 amide bonds. The van der Waals surface area contributed by atoms with Crippen LogP contribution < -0.4 is 9.67 Å². The van der Waals surface area contributed by atoms with Crippen LogP contribution in [0.2, 0.25) is 0 Å². The Balaban J connectivity index is 2.33. The molecule has 2 N–H and O–H groups in total. The number of nitrogens with one attached hydrogen (secondary N) is 1. The second-order valence-corrected chi connectivity index (χ2v) is 10.8. The normalized spacial score (nSPS) is 13.3. The first-order valence-electron chi connectivity index (χ1n) is 9.98. The van der Waals surface area contributed by atoms with Gasteiger partial charge < -0.3 is 0 Å². The van der Waals surface area contributed by atoms with Crippen LogP contribution >= 0.6 is 0 Å². The molecule has 0 aliphatic rings. The van der Waals surface area contributed by atoms with E-state index in [1.165, 1.54) is 51.9 Å². The number of amides is 1. The summed E-state index contributed by atoms with van der Waals surface area (Å²) >= 11 is -4.61. The molecular formula is C20H34AsNO5. The first-order chi connectivity index (χ1) is 13.0. The van der Waals surface area contributed by atoms with Gasteiger partial charge in [-0.15, -0.1) is 0 Å². The third kappa shape index (κ3) is 9.61. The third-order valence-electron chi connectivity index (χ3n) is 4.38. The molecule has 7 heteroatoms. The second kappa shape index (κ2) is 14.0. The van der Waals surface area contributed by atoms with Crippen LogP contribution in [-0.4, -0.2) is 31.9 Å². The zero-order valence-electron chi connectivity index (χ0n) is 16.6. The molecule has 0 bridgehead atoms. The van der Waals surface area contributed by atoms with Gasteiger partial charge in [-0.25, -0.2) is 0 Å². The summed E-state index contributed by atoms with van der Waals surface area (Å²) in [4.78, 5) is 11.3. The Morgan fingerprint density at radius 1 is 1.00 bits per heavy atom. The van der Waals surface area contributed by atoms with Crippen molar-refractivity contribution in [3.8, 4) is 0 Å². The number of benzene rings is 1. The number of hydrogen-bond donors (Lipinski definition) is 2. The Labute approximate surface area is 165 Å². The predicted octanol–water partition coefficient (Wildman–Crippen LogP) is 4.65. The van der Waals surface area contributed by atoms with Crippen LogP contribution in [0.15, 0.2) is 24.3 Å². The van der Waals surface area contributed by atoms with Crippen LogP contribution in [0.5, 0.6) is 0 Å². The van der Waals surface area contributed by atoms with Crippen molar-refractivity contribution in [1.29, 1.82) is 0 Å². The molecule has 154 valence electrons. The molecule has 0 saturated heterocycles. The van der Waals surface area contributed by atoms with Gasteiger partial charge in [0.05, 0.1) is 0 Å². The Kier molecular flexibility index (Phi) is 12.4. The van der Waals surface area contributed by atoms with E-state index in [0.717, 1.165) is 19.3 Å². The summed E-state index contributed by atoms with van der Waals surface area (Å²) in [5.41, 5.74) is 0.338. The van der Waals surface area contributed by atoms with Crippen LogP contribution in [0.3, 0.4) is 0 Å². The molecule has 1 aromatic rings. The molecule has 0 saturated carbocycles. The number of carbonyl (C=O) groups excluding carboxylic acids is 1. The van der Waals surface area contributed by atoms with Gasteiger partial charge in [0, 0.05) is 0 Å². The van der Waals surface area contributed by atoms with E-state index in [1.807, 2.05) is 0 Å². The van der Waals surface area contributed by atoms with Gasteiger partial charge in [-0.1, -0.05) is 6.92 Å². The van der Waals surface area contributed by atoms with E-state index < -0.39 is 14.2 Å². The predicted molar refractivity (Wildman–Crippen MR) is 108 cm³/mol. The van der Waals surface area contributed by atoms with Gasteiger partial charge in [-0.05, 0) is 0 Å². The SMILES string of the molecule is CCCCCCCCCCCCO[As](=O)(OO)c1ccccc1NC(C)=O. The van der Waals surface area contributed by atoms with Gasteiger partial charge >= 0.3 is 159 Å². The van der Waals surface area contributed by atoms with E-state index in [4.69, 9.17) is 3.73 Å². The average molecular weight is 443 g/mol. The Bertz CT molecular complexity index is 593. The second-order valence-electron chi connectivity index (χ2n) is 6.79. The topological polar surface area (TPSA) is 84.9 Å². The molecule has 27 heavy (non-hydrogen) atoms. The van der Waals surface area contributed by atoms with Crippen molar-refractivity contribution in [2.45, 2.75) is 78.1 Å². The van der Waals surface area contributed by atoms with Crippen LogP contribution in [0.4, 0.5) is 5.69 Å². The molecule has 0 aromatic heterocycles. The van der Waals surface area contributed by atoms with Crippen molar-refractivity contribution in [1.82, 2.24) is 0 Å². The van der Waals surface area contributed by atoms with E-state index in [0.29, 0.717) is 5.69 Å². The number of para-hydroxylation sites is 1. The van der Waals surface area contributed by atoms with Crippen LogP contribution in [0, 0.1) is 0 Å². The van der Waals surface area contributed by atoms with Crippen molar-refractivity contribution in [3.05, 3.63) is 24.3 Å². The number of anilines is 1. The van der Waals surface area contributed by atoms with Crippen LogP contribution in [-0.2, 0) is 16.1 Å². The first-order valence-corrected chi connectivity index (χ1v) is 13.2. The Morgan fingerprint density at radius 3 is 2.11 bits per heavy atom. The molecule has 0 spiro atoms. The number of rotatable bonds is 15. The van der Waals surface area contributed by atoms with E-state index in [9.17, 15) is 13.8 Å². The first kappa shape index (κ1) is 24.0. The molecule has 6 nitrogen and oxygen atoms in total. The average Bonchev–Trinajstić information content (AvgIpc) is 2.66. The van der Waals surface area contributed by atoms with Gasteiger partial charge in [0.25, 0.3) is 0 Å². The molecule has 0 heterocycles. The van der Waals surface area contributed by atoms with Gasteiger partial charge in [-0.3, -0.25) is 0 Å². The van der Waals surface area contributed by atoms with Crippen LogP contribution in [0.25, 0.3) is 0 Å².